The zero-order valence-corrected chi connectivity index (χ0v) is 36.6. The number of imidazole rings is 1. The molecule has 0 saturated heterocycles. The third kappa shape index (κ3) is 21.3. The molecule has 2 amide bonds. The van der Waals surface area contributed by atoms with Crippen molar-refractivity contribution in [2.24, 2.45) is 0 Å². The first-order valence-corrected chi connectivity index (χ1v) is 21.5. The lowest BCUT2D eigenvalue weighted by molar-refractivity contribution is -0.790. The van der Waals surface area contributed by atoms with E-state index in [4.69, 9.17) is 9.47 Å². The molecule has 26 nitrogen and oxygen atoms in total. The summed E-state index contributed by atoms with van der Waals surface area (Å²) in [4.78, 5) is 114. The Kier molecular flexibility index (Phi) is 23.3. The summed E-state index contributed by atoms with van der Waals surface area (Å²) < 4.78 is 12.3. The van der Waals surface area contributed by atoms with Crippen LogP contribution in [0.15, 0.2) is 52.9 Å². The van der Waals surface area contributed by atoms with Gasteiger partial charge in [0.15, 0.2) is 0 Å². The highest BCUT2D eigenvalue weighted by molar-refractivity contribution is 7.07. The van der Waals surface area contributed by atoms with Gasteiger partial charge in [0, 0.05) is 43.4 Å². The number of carbonyl (C=O) groups is 4. The van der Waals surface area contributed by atoms with E-state index in [0.717, 1.165) is 29.8 Å². The van der Waals surface area contributed by atoms with E-state index in [1.807, 2.05) is 21.4 Å². The molecule has 2 N–H and O–H groups in total. The number of rotatable bonds is 34. The van der Waals surface area contributed by atoms with E-state index in [2.05, 4.69) is 41.9 Å². The summed E-state index contributed by atoms with van der Waals surface area (Å²) in [5.41, 5.74) is 3.13. The maximum atomic E-state index is 13.6. The average molecular weight is 951 g/mol. The molecule has 2 aromatic heterocycles. The van der Waals surface area contributed by atoms with Crippen LogP contribution in [-0.2, 0) is 62.6 Å². The molecule has 0 bridgehead atoms. The number of hydrogen-bond acceptors (Lipinski definition) is 20. The number of esters is 2. The molecule has 3 aromatic rings. The zero-order valence-electron chi connectivity index (χ0n) is 35.8. The summed E-state index contributed by atoms with van der Waals surface area (Å²) in [7, 11) is 0. The minimum absolute atomic E-state index is 0.00671. The average Bonchev–Trinajstić information content (AvgIpc) is 3.93. The van der Waals surface area contributed by atoms with Gasteiger partial charge in [-0.15, -0.1) is 40.5 Å². The molecular weight excluding hydrogens is 901 g/mol. The van der Waals surface area contributed by atoms with E-state index >= 15 is 0 Å². The van der Waals surface area contributed by atoms with Crippen molar-refractivity contribution in [1.29, 1.82) is 0 Å². The molecule has 360 valence electrons. The van der Waals surface area contributed by atoms with Crippen molar-refractivity contribution < 1.29 is 68.3 Å². The first-order chi connectivity index (χ1) is 31.6. The van der Waals surface area contributed by atoms with Crippen molar-refractivity contribution in [3.63, 3.8) is 0 Å². The van der Waals surface area contributed by atoms with E-state index in [0.29, 0.717) is 29.8 Å². The predicted octanol–water partition coefficient (Wildman–Crippen LogP) is 3.81. The smallest absolute Gasteiger partial charge is 0.305 e. The Labute approximate surface area is 379 Å². The summed E-state index contributed by atoms with van der Waals surface area (Å²) in [5.74, 6) is -1.34. The Bertz CT molecular complexity index is 2100. The Morgan fingerprint density at radius 2 is 1.35 bits per heavy atom. The molecule has 0 saturated carbocycles. The van der Waals surface area contributed by atoms with Crippen LogP contribution in [-0.4, -0.2) is 105 Å². The topological polar surface area (TPSA) is 338 Å². The zero-order chi connectivity index (χ0) is 48.3. The molecule has 0 radical (unpaired) electrons. The molecule has 0 aliphatic heterocycles. The second-order valence-corrected chi connectivity index (χ2v) is 14.9. The SMILES string of the molecule is CCCCc1ncc(/C=C(\Cc2ccsc2)C(=O)NCCOC(=O)CCCC(CO[N+](=O)[O-])O[N+](=O)[O-])n1Cc1ccc(C(=O)NCCOC(=O)CCCC(CO[N+](=O)[O-])O[N+](=O)[O-])cc1. The molecule has 66 heavy (non-hydrogen) atoms. The van der Waals surface area contributed by atoms with Crippen LogP contribution in [0.4, 0.5) is 0 Å². The first-order valence-electron chi connectivity index (χ1n) is 20.5. The van der Waals surface area contributed by atoms with Crippen LogP contribution in [0.1, 0.15) is 91.3 Å². The summed E-state index contributed by atoms with van der Waals surface area (Å²) >= 11 is 1.48. The van der Waals surface area contributed by atoms with Gasteiger partial charge < -0.3 is 44.0 Å². The lowest BCUT2D eigenvalue weighted by atomic mass is 10.1. The van der Waals surface area contributed by atoms with Gasteiger partial charge in [-0.3, -0.25) is 19.2 Å². The van der Waals surface area contributed by atoms with Crippen LogP contribution < -0.4 is 10.6 Å². The number of unbranched alkanes of at least 4 members (excludes halogenated alkanes) is 1. The Morgan fingerprint density at radius 3 is 1.86 bits per heavy atom. The fourth-order valence-electron chi connectivity index (χ4n) is 6.03. The lowest BCUT2D eigenvalue weighted by Crippen LogP contribution is -2.30. The molecule has 2 atom stereocenters. The molecule has 1 aromatic carbocycles. The van der Waals surface area contributed by atoms with Gasteiger partial charge in [-0.1, -0.05) is 25.5 Å². The number of nitrogens with one attached hydrogen (secondary N) is 2. The predicted molar refractivity (Wildman–Crippen MR) is 227 cm³/mol. The summed E-state index contributed by atoms with van der Waals surface area (Å²) in [6, 6.07) is 8.73. The molecule has 2 unspecified atom stereocenters. The van der Waals surface area contributed by atoms with E-state index in [1.54, 1.807) is 36.5 Å². The molecular formula is C39H50N8O18S. The fourth-order valence-corrected chi connectivity index (χ4v) is 6.69. The van der Waals surface area contributed by atoms with E-state index in [9.17, 15) is 59.6 Å². The van der Waals surface area contributed by atoms with Gasteiger partial charge in [0.1, 0.15) is 44.5 Å². The number of carbonyl (C=O) groups excluding carboxylic acids is 4. The standard InChI is InChI=1S/C39H50N8O18S/c1-2-3-8-35-42-23-32(22-31(21-29-15-20-66-27-29)39(51)41-17-19-61-37(49)10-5-7-34(65-47(58)59)26-63-45(54)55)43(35)24-28-11-13-30(14-12-28)38(50)40-16-18-60-36(48)9-4-6-33(64-46(56)57)25-62-44(52)53/h11-15,20,22-23,27,33-34H,2-10,16-19,21,24-26H2,1H3,(H,40,50)(H,41,51)/b31-22+. The Hall–Kier alpha value is -7.45. The number of nitrogens with zero attached hydrogens (tertiary/aromatic N) is 6. The van der Waals surface area contributed by atoms with Crippen LogP contribution in [0.3, 0.4) is 0 Å². The van der Waals surface area contributed by atoms with Crippen LogP contribution in [0.2, 0.25) is 0 Å². The van der Waals surface area contributed by atoms with Crippen molar-refractivity contribution in [3.05, 3.63) is 122 Å². The molecule has 27 heteroatoms. The molecule has 0 aliphatic rings. The quantitative estimate of drug-likeness (QED) is 0.0282. The highest BCUT2D eigenvalue weighted by Gasteiger charge is 2.20. The third-order valence-corrected chi connectivity index (χ3v) is 9.92. The van der Waals surface area contributed by atoms with Gasteiger partial charge in [-0.25, -0.2) is 4.98 Å². The van der Waals surface area contributed by atoms with Gasteiger partial charge in [-0.05, 0) is 78.3 Å². The van der Waals surface area contributed by atoms with Crippen molar-refractivity contribution in [2.75, 3.05) is 39.5 Å². The lowest BCUT2D eigenvalue weighted by Gasteiger charge is -2.14. The minimum atomic E-state index is -1.25. The highest BCUT2D eigenvalue weighted by atomic mass is 32.1. The van der Waals surface area contributed by atoms with Crippen molar-refractivity contribution in [3.8, 4) is 0 Å². The number of thiophene rings is 1. The van der Waals surface area contributed by atoms with Crippen LogP contribution in [0.25, 0.3) is 6.08 Å². The number of ether oxygens (including phenoxy) is 2. The highest BCUT2D eigenvalue weighted by Crippen LogP contribution is 2.20. The molecule has 3 rings (SSSR count). The Balaban J connectivity index is 1.57. The number of aryl methyl sites for hydroxylation is 1. The van der Waals surface area contributed by atoms with Gasteiger partial charge in [-0.2, -0.15) is 11.3 Å². The summed E-state index contributed by atoms with van der Waals surface area (Å²) in [5, 5.41) is 46.9. The van der Waals surface area contributed by atoms with Crippen molar-refractivity contribution in [1.82, 2.24) is 20.2 Å². The maximum Gasteiger partial charge on any atom is 0.305 e. The van der Waals surface area contributed by atoms with Gasteiger partial charge in [0.2, 0.25) is 5.91 Å². The van der Waals surface area contributed by atoms with Gasteiger partial charge >= 0.3 is 11.9 Å². The van der Waals surface area contributed by atoms with Gasteiger partial charge in [0.25, 0.3) is 26.3 Å². The van der Waals surface area contributed by atoms with Crippen molar-refractivity contribution in [2.45, 2.75) is 89.9 Å². The summed E-state index contributed by atoms with van der Waals surface area (Å²) in [6.45, 7) is 0.698. The fraction of sp³-hybridized carbons (Fsp3) is 0.513. The third-order valence-electron chi connectivity index (χ3n) is 9.19. The number of amides is 2. The second kappa shape index (κ2) is 29.1. The summed E-state index contributed by atoms with van der Waals surface area (Å²) in [6.07, 6.45) is 3.30. The molecule has 0 aliphatic carbocycles. The van der Waals surface area contributed by atoms with Crippen molar-refractivity contribution >= 4 is 41.2 Å². The Morgan fingerprint density at radius 1 is 0.773 bits per heavy atom. The van der Waals surface area contributed by atoms with Crippen LogP contribution in [0, 0.1) is 40.5 Å². The van der Waals surface area contributed by atoms with Gasteiger partial charge in [0.05, 0.1) is 25.0 Å². The minimum Gasteiger partial charge on any atom is -0.464 e. The number of hydrogen-bond donors (Lipinski definition) is 2. The number of aromatic nitrogens is 2. The normalized spacial score (nSPS) is 11.9. The largest absolute Gasteiger partial charge is 0.464 e. The molecule has 2 heterocycles. The molecule has 0 spiro atoms. The van der Waals surface area contributed by atoms with Crippen LogP contribution in [0.5, 0.6) is 0 Å². The maximum absolute atomic E-state index is 13.6. The molecule has 0 fully saturated rings. The van der Waals surface area contributed by atoms with E-state index in [1.165, 1.54) is 11.3 Å². The first kappa shape index (κ1) is 52.9. The second-order valence-electron chi connectivity index (χ2n) is 14.1. The van der Waals surface area contributed by atoms with E-state index < -0.39 is 69.5 Å². The van der Waals surface area contributed by atoms with E-state index in [-0.39, 0.29) is 71.2 Å². The number of benzene rings is 1. The van der Waals surface area contributed by atoms with Crippen LogP contribution >= 0.6 is 11.3 Å². The monoisotopic (exact) mass is 950 g/mol.